The minimum atomic E-state index is 0. The molecule has 24 heavy (non-hydrogen) atoms. The molecule has 1 aromatic heterocycles. The van der Waals surface area contributed by atoms with Crippen LogP contribution in [0.25, 0.3) is 11.3 Å². The van der Waals surface area contributed by atoms with Gasteiger partial charge in [0, 0.05) is 24.2 Å². The summed E-state index contributed by atoms with van der Waals surface area (Å²) in [7, 11) is 0. The molecule has 2 aliphatic heterocycles. The molecule has 2 fully saturated rings. The minimum Gasteiger partial charge on any atom is -0.330 e. The smallest absolute Gasteiger partial charge is 0.272 e. The second kappa shape index (κ2) is 6.95. The summed E-state index contributed by atoms with van der Waals surface area (Å²) in [5.41, 5.74) is 3.67. The minimum absolute atomic E-state index is 0. The van der Waals surface area contributed by atoms with Crippen LogP contribution in [0.5, 0.6) is 0 Å². The number of rotatable bonds is 2. The number of hydrogen-bond acceptors (Lipinski definition) is 3. The Bertz CT molecular complexity index is 698. The van der Waals surface area contributed by atoms with Crippen LogP contribution in [0.2, 0.25) is 0 Å². The van der Waals surface area contributed by atoms with Crippen LogP contribution in [0.15, 0.2) is 30.3 Å². The molecule has 0 radical (unpaired) electrons. The molecular formula is C18H23ClN4O. The fourth-order valence-electron chi connectivity index (χ4n) is 3.76. The van der Waals surface area contributed by atoms with Crippen molar-refractivity contribution in [3.63, 3.8) is 0 Å². The van der Waals surface area contributed by atoms with Gasteiger partial charge in [-0.25, -0.2) is 0 Å². The monoisotopic (exact) mass is 346 g/mol. The molecular weight excluding hydrogens is 324 g/mol. The van der Waals surface area contributed by atoms with E-state index in [2.05, 4.69) is 39.5 Å². The Hall–Kier alpha value is -1.85. The molecule has 5 nitrogen and oxygen atoms in total. The summed E-state index contributed by atoms with van der Waals surface area (Å²) >= 11 is 0. The molecule has 4 rings (SSSR count). The zero-order valence-electron chi connectivity index (χ0n) is 13.8. The van der Waals surface area contributed by atoms with Crippen molar-refractivity contribution in [2.45, 2.75) is 38.3 Å². The number of carbonyl (C=O) groups excluding carboxylic acids is 1. The summed E-state index contributed by atoms with van der Waals surface area (Å²) in [5.74, 6) is 0.0899. The zero-order chi connectivity index (χ0) is 15.8. The van der Waals surface area contributed by atoms with Crippen LogP contribution in [0.3, 0.4) is 0 Å². The average Bonchev–Trinajstić information content (AvgIpc) is 3.11. The van der Waals surface area contributed by atoms with Gasteiger partial charge in [-0.3, -0.25) is 9.89 Å². The van der Waals surface area contributed by atoms with Gasteiger partial charge in [-0.15, -0.1) is 12.4 Å². The number of nitrogens with one attached hydrogen (secondary N) is 2. The molecule has 0 spiro atoms. The second-order valence-electron chi connectivity index (χ2n) is 6.62. The van der Waals surface area contributed by atoms with E-state index in [1.165, 1.54) is 5.56 Å². The molecule has 2 saturated heterocycles. The van der Waals surface area contributed by atoms with E-state index in [1.54, 1.807) is 0 Å². The molecule has 3 heterocycles. The molecule has 2 aliphatic rings. The number of aromatic amines is 1. The third-order valence-electron chi connectivity index (χ3n) is 5.04. The van der Waals surface area contributed by atoms with Crippen LogP contribution in [0, 0.1) is 6.92 Å². The van der Waals surface area contributed by atoms with Crippen molar-refractivity contribution in [1.29, 1.82) is 0 Å². The van der Waals surface area contributed by atoms with Crippen molar-refractivity contribution < 1.29 is 4.79 Å². The van der Waals surface area contributed by atoms with Crippen molar-refractivity contribution in [3.8, 4) is 11.3 Å². The van der Waals surface area contributed by atoms with Gasteiger partial charge in [0.1, 0.15) is 5.69 Å². The third-order valence-corrected chi connectivity index (χ3v) is 5.04. The first-order valence-corrected chi connectivity index (χ1v) is 8.38. The van der Waals surface area contributed by atoms with E-state index < -0.39 is 0 Å². The highest BCUT2D eigenvalue weighted by atomic mass is 35.5. The van der Waals surface area contributed by atoms with Crippen LogP contribution < -0.4 is 5.32 Å². The lowest BCUT2D eigenvalue weighted by atomic mass is 10.1. The van der Waals surface area contributed by atoms with Crippen LogP contribution >= 0.6 is 12.4 Å². The average molecular weight is 347 g/mol. The van der Waals surface area contributed by atoms with Crippen molar-refractivity contribution >= 4 is 18.3 Å². The quantitative estimate of drug-likeness (QED) is 0.879. The Morgan fingerprint density at radius 3 is 2.71 bits per heavy atom. The first-order valence-electron chi connectivity index (χ1n) is 8.38. The van der Waals surface area contributed by atoms with Crippen LogP contribution in [-0.2, 0) is 0 Å². The Kier molecular flexibility index (Phi) is 4.92. The number of nitrogens with zero attached hydrogens (tertiary/aromatic N) is 2. The summed E-state index contributed by atoms with van der Waals surface area (Å²) in [5, 5.41) is 10.7. The maximum atomic E-state index is 12.9. The van der Waals surface area contributed by atoms with E-state index in [1.807, 2.05) is 18.2 Å². The number of aryl methyl sites for hydroxylation is 1. The molecule has 128 valence electrons. The Morgan fingerprint density at radius 2 is 1.92 bits per heavy atom. The highest BCUT2D eigenvalue weighted by Crippen LogP contribution is 2.30. The van der Waals surface area contributed by atoms with E-state index in [9.17, 15) is 4.79 Å². The summed E-state index contributed by atoms with van der Waals surface area (Å²) in [6.45, 7) is 3.97. The molecule has 2 bridgehead atoms. The molecule has 2 aromatic rings. The van der Waals surface area contributed by atoms with Crippen LogP contribution in [-0.4, -0.2) is 46.2 Å². The third kappa shape index (κ3) is 3.06. The molecule has 2 N–H and O–H groups in total. The van der Waals surface area contributed by atoms with Crippen LogP contribution in [0.1, 0.15) is 35.3 Å². The summed E-state index contributed by atoms with van der Waals surface area (Å²) in [4.78, 5) is 15.0. The molecule has 6 heteroatoms. The first kappa shape index (κ1) is 17.0. The second-order valence-corrected chi connectivity index (χ2v) is 6.62. The Morgan fingerprint density at radius 1 is 1.17 bits per heavy atom. The number of H-pyrrole nitrogens is 1. The highest BCUT2D eigenvalue weighted by Gasteiger charge is 2.38. The van der Waals surface area contributed by atoms with E-state index in [0.29, 0.717) is 17.8 Å². The predicted octanol–water partition coefficient (Wildman–Crippen LogP) is 2.77. The SMILES string of the molecule is Cc1ccc(-c2cc(C(=O)N3C4CCNCC3CC4)[nH]n2)cc1.Cl. The maximum absolute atomic E-state index is 12.9. The molecule has 2 unspecified atom stereocenters. The summed E-state index contributed by atoms with van der Waals surface area (Å²) in [6.07, 6.45) is 3.26. The van der Waals surface area contributed by atoms with Gasteiger partial charge in [-0.2, -0.15) is 5.10 Å². The fourth-order valence-corrected chi connectivity index (χ4v) is 3.76. The number of amides is 1. The number of fused-ring (bicyclic) bond motifs is 2. The zero-order valence-corrected chi connectivity index (χ0v) is 14.6. The van der Waals surface area contributed by atoms with E-state index in [4.69, 9.17) is 0 Å². The van der Waals surface area contributed by atoms with Crippen molar-refractivity contribution in [2.75, 3.05) is 13.1 Å². The summed E-state index contributed by atoms with van der Waals surface area (Å²) in [6, 6.07) is 10.8. The van der Waals surface area contributed by atoms with Crippen LogP contribution in [0.4, 0.5) is 0 Å². The highest BCUT2D eigenvalue weighted by molar-refractivity contribution is 5.94. The van der Waals surface area contributed by atoms with E-state index >= 15 is 0 Å². The Balaban J connectivity index is 0.00000169. The van der Waals surface area contributed by atoms with Gasteiger partial charge in [0.05, 0.1) is 5.69 Å². The number of carbonyl (C=O) groups is 1. The van der Waals surface area contributed by atoms with Crippen molar-refractivity contribution in [1.82, 2.24) is 20.4 Å². The van der Waals surface area contributed by atoms with Gasteiger partial charge in [0.2, 0.25) is 0 Å². The molecule has 0 aliphatic carbocycles. The van der Waals surface area contributed by atoms with Gasteiger partial charge in [-0.05, 0) is 38.8 Å². The lowest BCUT2D eigenvalue weighted by Gasteiger charge is -2.27. The van der Waals surface area contributed by atoms with Gasteiger partial charge < -0.3 is 10.2 Å². The lowest BCUT2D eigenvalue weighted by Crippen LogP contribution is -2.42. The standard InChI is InChI=1S/C18H22N4O.ClH/c1-12-2-4-13(5-3-12)16-10-17(21-20-16)18(23)22-14-6-7-15(22)11-19-9-8-14;/h2-5,10,14-15,19H,6-9,11H2,1H3,(H,20,21);1H. The van der Waals surface area contributed by atoms with Gasteiger partial charge in [0.15, 0.2) is 0 Å². The summed E-state index contributed by atoms with van der Waals surface area (Å²) < 4.78 is 0. The van der Waals surface area contributed by atoms with E-state index in [0.717, 1.165) is 43.6 Å². The molecule has 1 aromatic carbocycles. The topological polar surface area (TPSA) is 61.0 Å². The van der Waals surface area contributed by atoms with Gasteiger partial charge >= 0.3 is 0 Å². The normalized spacial score (nSPS) is 22.8. The fraction of sp³-hybridized carbons (Fsp3) is 0.444. The first-order chi connectivity index (χ1) is 11.2. The van der Waals surface area contributed by atoms with Crippen molar-refractivity contribution in [2.24, 2.45) is 0 Å². The predicted molar refractivity (Wildman–Crippen MR) is 96.5 cm³/mol. The maximum Gasteiger partial charge on any atom is 0.272 e. The van der Waals surface area contributed by atoms with Gasteiger partial charge in [0.25, 0.3) is 5.91 Å². The molecule has 2 atom stereocenters. The number of halogens is 1. The molecule has 1 amide bonds. The number of benzene rings is 1. The molecule has 0 saturated carbocycles. The van der Waals surface area contributed by atoms with E-state index in [-0.39, 0.29) is 18.3 Å². The largest absolute Gasteiger partial charge is 0.330 e. The number of hydrogen-bond donors (Lipinski definition) is 2. The number of aromatic nitrogens is 2. The lowest BCUT2D eigenvalue weighted by molar-refractivity contribution is 0.0674. The van der Waals surface area contributed by atoms with Gasteiger partial charge in [-0.1, -0.05) is 29.8 Å². The Labute approximate surface area is 148 Å². The van der Waals surface area contributed by atoms with Crippen molar-refractivity contribution in [3.05, 3.63) is 41.6 Å².